The molecule has 1 heteroatoms. The second kappa shape index (κ2) is 12.3. The monoisotopic (exact) mass is 715 g/mol. The summed E-state index contributed by atoms with van der Waals surface area (Å²) in [7, 11) is 0. The highest BCUT2D eigenvalue weighted by atomic mass is 15.2. The molecule has 1 nitrogen and oxygen atoms in total. The molecule has 0 saturated heterocycles. The number of hydrogen-bond acceptors (Lipinski definition) is 1. The molecule has 4 bridgehead atoms. The van der Waals surface area contributed by atoms with Crippen molar-refractivity contribution < 1.29 is 0 Å². The highest BCUT2D eigenvalue weighted by molar-refractivity contribution is 5.94. The van der Waals surface area contributed by atoms with E-state index in [9.17, 15) is 0 Å². The smallest absolute Gasteiger partial charge is 0.0506 e. The van der Waals surface area contributed by atoms with Crippen molar-refractivity contribution in [3.63, 3.8) is 0 Å². The van der Waals surface area contributed by atoms with Gasteiger partial charge < -0.3 is 4.90 Å². The zero-order valence-electron chi connectivity index (χ0n) is 33.0. The maximum Gasteiger partial charge on any atom is 0.0506 e. The summed E-state index contributed by atoms with van der Waals surface area (Å²) in [5.74, 6) is 3.57. The fourth-order valence-corrected chi connectivity index (χ4v) is 13.7. The summed E-state index contributed by atoms with van der Waals surface area (Å²) in [6.45, 7) is 9.13. The predicted molar refractivity (Wildman–Crippen MR) is 231 cm³/mol. The lowest BCUT2D eigenvalue weighted by atomic mass is 9.49. The highest BCUT2D eigenvalue weighted by Gasteiger charge is 2.58. The minimum Gasteiger partial charge on any atom is -0.310 e. The molecule has 0 aromatic heterocycles. The van der Waals surface area contributed by atoms with Gasteiger partial charge in [0.15, 0.2) is 0 Å². The van der Waals surface area contributed by atoms with E-state index in [1.54, 1.807) is 22.3 Å². The Kier molecular flexibility index (Phi) is 7.49. The molecule has 1 heterocycles. The molecule has 6 aliphatic rings. The van der Waals surface area contributed by atoms with Gasteiger partial charge in [0.2, 0.25) is 0 Å². The molecule has 5 aliphatic carbocycles. The van der Waals surface area contributed by atoms with E-state index >= 15 is 0 Å². The van der Waals surface area contributed by atoms with Crippen LogP contribution in [0.5, 0.6) is 0 Å². The maximum atomic E-state index is 2.69. The van der Waals surface area contributed by atoms with Crippen LogP contribution in [0, 0.1) is 23.7 Å². The Morgan fingerprint density at radius 3 is 2.09 bits per heavy atom. The van der Waals surface area contributed by atoms with Gasteiger partial charge in [-0.05, 0) is 166 Å². The maximum absolute atomic E-state index is 2.69. The van der Waals surface area contributed by atoms with E-state index in [1.165, 1.54) is 101 Å². The SMILES string of the molecule is CC.CC1CC2CC(C)C3(c4ccccc4-c4ccc(N5c6ccc(-c7ccccc7)cc6C67CCC(C6)c6c(-c8ccccc8)ccc5c67)cc43)C(C1)C2. The van der Waals surface area contributed by atoms with Crippen molar-refractivity contribution in [2.45, 2.75) is 89.4 Å². The molecular formula is C54H53N. The molecule has 3 saturated carbocycles. The quantitative estimate of drug-likeness (QED) is 0.176. The Morgan fingerprint density at radius 1 is 0.564 bits per heavy atom. The van der Waals surface area contributed by atoms with Crippen molar-refractivity contribution in [3.05, 3.63) is 161 Å². The van der Waals surface area contributed by atoms with E-state index in [4.69, 9.17) is 0 Å². The summed E-state index contributed by atoms with van der Waals surface area (Å²) in [6.07, 6.45) is 9.19. The first kappa shape index (κ1) is 33.5. The van der Waals surface area contributed by atoms with Crippen molar-refractivity contribution >= 4 is 17.1 Å². The second-order valence-electron chi connectivity index (χ2n) is 17.9. The van der Waals surface area contributed by atoms with Gasteiger partial charge in [-0.1, -0.05) is 131 Å². The van der Waals surface area contributed by atoms with Crippen LogP contribution >= 0.6 is 0 Å². The molecule has 7 unspecified atom stereocenters. The van der Waals surface area contributed by atoms with Crippen LogP contribution in [0.15, 0.2) is 133 Å². The molecule has 274 valence electrons. The van der Waals surface area contributed by atoms with E-state index in [-0.39, 0.29) is 10.8 Å². The van der Waals surface area contributed by atoms with Crippen molar-refractivity contribution in [1.29, 1.82) is 0 Å². The fraction of sp³-hybridized carbons (Fsp3) is 0.333. The van der Waals surface area contributed by atoms with Gasteiger partial charge in [0, 0.05) is 16.5 Å². The standard InChI is InChI=1S/C52H47N.C2H6/c1-32-25-34-27-33(2)52(39(26-32)28-34)44-16-10-9-15-42(44)43-19-18-40(30-45(43)52)53-47-21-17-37(35-11-5-3-6-12-35)29-46(47)51-24-23-38(31-51)49-41(20-22-48(53)50(49)51)36-13-7-4-8-14-36;1-2/h3-22,29-30,32-34,38-39H,23-28,31H2,1-2H3;1-2H3. The summed E-state index contributed by atoms with van der Waals surface area (Å²) in [6, 6.07) is 51.8. The minimum absolute atomic E-state index is 0.0517. The van der Waals surface area contributed by atoms with E-state index in [1.807, 2.05) is 13.8 Å². The molecule has 0 radical (unpaired) electrons. The fourth-order valence-electron chi connectivity index (χ4n) is 13.7. The third-order valence-electron chi connectivity index (χ3n) is 15.3. The number of anilines is 3. The van der Waals surface area contributed by atoms with Gasteiger partial charge in [0.05, 0.1) is 11.4 Å². The van der Waals surface area contributed by atoms with Crippen LogP contribution in [0.1, 0.15) is 106 Å². The average molecular weight is 716 g/mol. The van der Waals surface area contributed by atoms with Gasteiger partial charge in [-0.3, -0.25) is 0 Å². The number of fused-ring (bicyclic) bond motifs is 11. The van der Waals surface area contributed by atoms with Gasteiger partial charge in [0.25, 0.3) is 0 Å². The van der Waals surface area contributed by atoms with Gasteiger partial charge >= 0.3 is 0 Å². The second-order valence-corrected chi connectivity index (χ2v) is 17.9. The van der Waals surface area contributed by atoms with Crippen LogP contribution in [-0.2, 0) is 10.8 Å². The van der Waals surface area contributed by atoms with Crippen molar-refractivity contribution in [3.8, 4) is 33.4 Å². The minimum atomic E-state index is 0.0517. The lowest BCUT2D eigenvalue weighted by Gasteiger charge is -2.54. The zero-order chi connectivity index (χ0) is 37.1. The first-order valence-corrected chi connectivity index (χ1v) is 21.5. The van der Waals surface area contributed by atoms with E-state index < -0.39 is 0 Å². The Bertz CT molecular complexity index is 2460. The zero-order valence-corrected chi connectivity index (χ0v) is 33.0. The highest BCUT2D eigenvalue weighted by Crippen LogP contribution is 2.70. The Labute approximate surface area is 328 Å². The molecule has 1 aliphatic heterocycles. The summed E-state index contributed by atoms with van der Waals surface area (Å²) < 4.78 is 0. The third kappa shape index (κ3) is 4.47. The van der Waals surface area contributed by atoms with Crippen LogP contribution in [0.3, 0.4) is 0 Å². The Morgan fingerprint density at radius 2 is 1.27 bits per heavy atom. The predicted octanol–water partition coefficient (Wildman–Crippen LogP) is 14.8. The van der Waals surface area contributed by atoms with Crippen LogP contribution < -0.4 is 4.90 Å². The normalized spacial score (nSPS) is 28.5. The summed E-state index contributed by atoms with van der Waals surface area (Å²) >= 11 is 0. The summed E-state index contributed by atoms with van der Waals surface area (Å²) in [5.41, 5.74) is 20.6. The van der Waals surface area contributed by atoms with Crippen molar-refractivity contribution in [2.75, 3.05) is 4.90 Å². The topological polar surface area (TPSA) is 3.24 Å². The number of benzene rings is 6. The van der Waals surface area contributed by atoms with Gasteiger partial charge in [-0.2, -0.15) is 0 Å². The summed E-state index contributed by atoms with van der Waals surface area (Å²) in [5, 5.41) is 0. The lowest BCUT2D eigenvalue weighted by molar-refractivity contribution is 0.0426. The molecule has 0 amide bonds. The Hall–Kier alpha value is -4.88. The lowest BCUT2D eigenvalue weighted by Crippen LogP contribution is -2.49. The molecule has 55 heavy (non-hydrogen) atoms. The average Bonchev–Trinajstić information content (AvgIpc) is 3.91. The molecule has 7 atom stereocenters. The largest absolute Gasteiger partial charge is 0.310 e. The third-order valence-corrected chi connectivity index (χ3v) is 15.3. The van der Waals surface area contributed by atoms with Gasteiger partial charge in [0.1, 0.15) is 0 Å². The van der Waals surface area contributed by atoms with Crippen molar-refractivity contribution in [1.82, 2.24) is 0 Å². The van der Waals surface area contributed by atoms with Crippen molar-refractivity contribution in [2.24, 2.45) is 23.7 Å². The molecule has 0 N–H and O–H groups in total. The van der Waals surface area contributed by atoms with E-state index in [0.29, 0.717) is 17.8 Å². The molecular weight excluding hydrogens is 663 g/mol. The summed E-state index contributed by atoms with van der Waals surface area (Å²) in [4.78, 5) is 2.69. The molecule has 6 aromatic carbocycles. The molecule has 3 fully saturated rings. The number of rotatable bonds is 3. The Balaban J connectivity index is 0.00000173. The first-order chi connectivity index (χ1) is 27.0. The van der Waals surface area contributed by atoms with Crippen LogP contribution in [0.25, 0.3) is 33.4 Å². The number of nitrogens with zero attached hydrogens (tertiary/aromatic N) is 1. The molecule has 12 rings (SSSR count). The van der Waals surface area contributed by atoms with Gasteiger partial charge in [-0.25, -0.2) is 0 Å². The van der Waals surface area contributed by atoms with Gasteiger partial charge in [-0.15, -0.1) is 0 Å². The van der Waals surface area contributed by atoms with E-state index in [2.05, 4.69) is 152 Å². The molecule has 6 aromatic rings. The van der Waals surface area contributed by atoms with Crippen LogP contribution in [-0.4, -0.2) is 0 Å². The van der Waals surface area contributed by atoms with Crippen LogP contribution in [0.2, 0.25) is 0 Å². The molecule has 2 spiro atoms. The number of hydrogen-bond donors (Lipinski definition) is 0. The first-order valence-electron chi connectivity index (χ1n) is 21.5. The van der Waals surface area contributed by atoms with Crippen LogP contribution in [0.4, 0.5) is 17.1 Å². The van der Waals surface area contributed by atoms with E-state index in [0.717, 1.165) is 11.8 Å².